The first-order valence-electron chi connectivity index (χ1n) is 12.1. The Hall–Kier alpha value is -4.25. The second kappa shape index (κ2) is 11.2. The lowest BCUT2D eigenvalue weighted by Crippen LogP contribution is -2.58. The van der Waals surface area contributed by atoms with Gasteiger partial charge in [0.1, 0.15) is 6.04 Å². The highest BCUT2D eigenvalue weighted by Gasteiger charge is 2.46. The van der Waals surface area contributed by atoms with E-state index in [-0.39, 0.29) is 29.1 Å². The van der Waals surface area contributed by atoms with E-state index in [1.165, 1.54) is 30.0 Å². The van der Waals surface area contributed by atoms with Gasteiger partial charge < -0.3 is 15.0 Å². The number of esters is 1. The lowest BCUT2D eigenvalue weighted by atomic mass is 9.92. The fraction of sp³-hybridized carbons (Fsp3) is 0.346. The fourth-order valence-electron chi connectivity index (χ4n) is 4.68. The van der Waals surface area contributed by atoms with Crippen molar-refractivity contribution in [1.29, 1.82) is 0 Å². The molecule has 1 N–H and O–H groups in total. The minimum Gasteiger partial charge on any atom is -0.463 e. The highest BCUT2D eigenvalue weighted by molar-refractivity contribution is 6.02. The highest BCUT2D eigenvalue weighted by atomic mass is 16.6. The average molecular weight is 508 g/mol. The molecule has 11 nitrogen and oxygen atoms in total. The van der Waals surface area contributed by atoms with Crippen LogP contribution in [-0.4, -0.2) is 70.4 Å². The zero-order valence-electron chi connectivity index (χ0n) is 20.8. The summed E-state index contributed by atoms with van der Waals surface area (Å²) in [5.74, 6) is -0.756. The lowest BCUT2D eigenvalue weighted by Gasteiger charge is -2.41. The Balaban J connectivity index is 1.64. The molecule has 2 aliphatic heterocycles. The maximum Gasteiger partial charge on any atom is 0.338 e. The summed E-state index contributed by atoms with van der Waals surface area (Å²) in [6.45, 7) is 5.83. The zero-order chi connectivity index (χ0) is 26.5. The van der Waals surface area contributed by atoms with E-state index in [0.29, 0.717) is 26.2 Å². The number of hydrogen-bond acceptors (Lipinski definition) is 7. The van der Waals surface area contributed by atoms with Gasteiger partial charge in [0, 0.05) is 44.5 Å². The summed E-state index contributed by atoms with van der Waals surface area (Å²) in [6.07, 6.45) is 0. The van der Waals surface area contributed by atoms with Crippen LogP contribution in [0.15, 0.2) is 65.9 Å². The number of urea groups is 2. The number of benzene rings is 2. The molecule has 11 heteroatoms. The summed E-state index contributed by atoms with van der Waals surface area (Å²) in [6, 6.07) is 13.1. The van der Waals surface area contributed by atoms with E-state index in [2.05, 4.69) is 10.2 Å². The van der Waals surface area contributed by atoms with Gasteiger partial charge >= 0.3 is 18.0 Å². The monoisotopic (exact) mass is 507 g/mol. The molecule has 2 heterocycles. The molecule has 4 rings (SSSR count). The Labute approximate surface area is 214 Å². The van der Waals surface area contributed by atoms with Crippen LogP contribution in [0.25, 0.3) is 0 Å². The molecule has 37 heavy (non-hydrogen) atoms. The van der Waals surface area contributed by atoms with E-state index in [0.717, 1.165) is 17.0 Å². The van der Waals surface area contributed by atoms with Crippen molar-refractivity contribution in [3.8, 4) is 0 Å². The average Bonchev–Trinajstić information content (AvgIpc) is 2.89. The summed E-state index contributed by atoms with van der Waals surface area (Å²) >= 11 is 0. The lowest BCUT2D eigenvalue weighted by molar-refractivity contribution is -0.385. The predicted molar refractivity (Wildman–Crippen MR) is 134 cm³/mol. The van der Waals surface area contributed by atoms with Crippen molar-refractivity contribution in [2.24, 2.45) is 0 Å². The van der Waals surface area contributed by atoms with Crippen molar-refractivity contribution in [2.45, 2.75) is 26.4 Å². The molecule has 194 valence electrons. The molecule has 0 spiro atoms. The normalized spacial score (nSPS) is 18.4. The summed E-state index contributed by atoms with van der Waals surface area (Å²) < 4.78 is 5.21. The van der Waals surface area contributed by atoms with Crippen LogP contribution < -0.4 is 5.32 Å². The van der Waals surface area contributed by atoms with Crippen molar-refractivity contribution in [3.63, 3.8) is 0 Å². The predicted octanol–water partition coefficient (Wildman–Crippen LogP) is 3.44. The smallest absolute Gasteiger partial charge is 0.338 e. The number of nitro groups is 1. The van der Waals surface area contributed by atoms with Crippen LogP contribution >= 0.6 is 0 Å². The third kappa shape index (κ3) is 5.46. The molecule has 0 aliphatic carbocycles. The quantitative estimate of drug-likeness (QED) is 0.361. The van der Waals surface area contributed by atoms with Gasteiger partial charge in [0.2, 0.25) is 0 Å². The van der Waals surface area contributed by atoms with Gasteiger partial charge in [-0.1, -0.05) is 42.5 Å². The van der Waals surface area contributed by atoms with Crippen LogP contribution in [0.3, 0.4) is 0 Å². The minimum atomic E-state index is -1.32. The Morgan fingerprint density at radius 3 is 2.35 bits per heavy atom. The number of carbonyl (C=O) groups is 3. The summed E-state index contributed by atoms with van der Waals surface area (Å²) in [7, 11) is 0. The molecule has 4 amide bonds. The number of piperazine rings is 1. The Bertz CT molecular complexity index is 1220. The van der Waals surface area contributed by atoms with E-state index in [9.17, 15) is 24.5 Å². The maximum absolute atomic E-state index is 13.8. The number of allylic oxidation sites excluding steroid dienone is 1. The van der Waals surface area contributed by atoms with Gasteiger partial charge in [0.15, 0.2) is 0 Å². The number of ether oxygens (including phenoxy) is 1. The third-order valence-electron chi connectivity index (χ3n) is 6.47. The first-order chi connectivity index (χ1) is 17.8. The highest BCUT2D eigenvalue weighted by Crippen LogP contribution is 2.39. The fourth-order valence-corrected chi connectivity index (χ4v) is 4.68. The zero-order valence-corrected chi connectivity index (χ0v) is 20.8. The van der Waals surface area contributed by atoms with Gasteiger partial charge in [-0.15, -0.1) is 0 Å². The second-order valence-corrected chi connectivity index (χ2v) is 8.81. The van der Waals surface area contributed by atoms with E-state index < -0.39 is 29.0 Å². The van der Waals surface area contributed by atoms with Crippen LogP contribution in [-0.2, 0) is 16.1 Å². The maximum atomic E-state index is 13.8. The molecule has 1 saturated heterocycles. The van der Waals surface area contributed by atoms with Gasteiger partial charge in [-0.3, -0.25) is 15.0 Å². The molecule has 0 saturated carbocycles. The number of nitro benzene ring substituents is 1. The van der Waals surface area contributed by atoms with Crippen molar-refractivity contribution < 1.29 is 24.0 Å². The number of nitrogens with zero attached hydrogens (tertiary/aromatic N) is 4. The SMILES string of the molecule is CCOC(=O)C1=C(C)NC(=O)N(C(=O)N2CCN(Cc3ccccc3)CC2)C1c1ccccc1[N+](=O)[O-]. The number of nitrogens with one attached hydrogen (secondary N) is 1. The molecule has 2 aromatic carbocycles. The molecule has 2 aromatic rings. The largest absolute Gasteiger partial charge is 0.463 e. The minimum absolute atomic E-state index is 0.0215. The van der Waals surface area contributed by atoms with Crippen LogP contribution in [0.5, 0.6) is 0 Å². The van der Waals surface area contributed by atoms with Crippen molar-refractivity contribution >= 4 is 23.7 Å². The molecule has 1 atom stereocenters. The van der Waals surface area contributed by atoms with Gasteiger partial charge in [-0.2, -0.15) is 0 Å². The summed E-state index contributed by atoms with van der Waals surface area (Å²) in [4.78, 5) is 55.8. The van der Waals surface area contributed by atoms with Crippen LogP contribution in [0.4, 0.5) is 15.3 Å². The van der Waals surface area contributed by atoms with Crippen molar-refractivity contribution in [1.82, 2.24) is 20.0 Å². The summed E-state index contributed by atoms with van der Waals surface area (Å²) in [5.41, 5.74) is 1.08. The molecule has 1 fully saturated rings. The second-order valence-electron chi connectivity index (χ2n) is 8.81. The first-order valence-corrected chi connectivity index (χ1v) is 12.1. The van der Waals surface area contributed by atoms with Gasteiger partial charge in [-0.05, 0) is 25.5 Å². The number of para-hydroxylation sites is 1. The van der Waals surface area contributed by atoms with Gasteiger partial charge in [-0.25, -0.2) is 19.3 Å². The van der Waals surface area contributed by atoms with Gasteiger partial charge in [0.25, 0.3) is 5.69 Å². The number of hydrogen-bond donors (Lipinski definition) is 1. The molecule has 0 aromatic heterocycles. The van der Waals surface area contributed by atoms with E-state index in [4.69, 9.17) is 4.74 Å². The Kier molecular flexibility index (Phi) is 7.83. The number of rotatable bonds is 6. The Morgan fingerprint density at radius 1 is 1.05 bits per heavy atom. The topological polar surface area (TPSA) is 125 Å². The Morgan fingerprint density at radius 2 is 1.70 bits per heavy atom. The first kappa shape index (κ1) is 25.8. The molecule has 2 aliphatic rings. The van der Waals surface area contributed by atoms with Crippen LogP contribution in [0, 0.1) is 10.1 Å². The molecular formula is C26H29N5O6. The number of imide groups is 1. The third-order valence-corrected chi connectivity index (χ3v) is 6.47. The molecule has 0 bridgehead atoms. The molecule has 0 radical (unpaired) electrons. The van der Waals surface area contributed by atoms with Gasteiger partial charge in [0.05, 0.1) is 22.7 Å². The standard InChI is InChI=1S/C26H29N5O6/c1-3-37-24(32)22-18(2)27-25(33)30(23(22)20-11-7-8-12-21(20)31(35)36)26(34)29-15-13-28(14-16-29)17-19-9-5-4-6-10-19/h4-12,23H,3,13-17H2,1-2H3,(H,27,33). The molecule has 1 unspecified atom stereocenters. The van der Waals surface area contributed by atoms with Crippen molar-refractivity contribution in [2.75, 3.05) is 32.8 Å². The summed E-state index contributed by atoms with van der Waals surface area (Å²) in [5, 5.41) is 14.4. The van der Waals surface area contributed by atoms with Crippen LogP contribution in [0.2, 0.25) is 0 Å². The van der Waals surface area contributed by atoms with Crippen LogP contribution in [0.1, 0.15) is 31.0 Å². The molecular weight excluding hydrogens is 478 g/mol. The number of carbonyl (C=O) groups excluding carboxylic acids is 3. The van der Waals surface area contributed by atoms with Crippen molar-refractivity contribution in [3.05, 3.63) is 87.1 Å². The van der Waals surface area contributed by atoms with E-state index in [1.807, 2.05) is 30.3 Å². The van der Waals surface area contributed by atoms with E-state index in [1.54, 1.807) is 13.0 Å². The number of amides is 4. The van der Waals surface area contributed by atoms with E-state index >= 15 is 0 Å².